The van der Waals surface area contributed by atoms with Gasteiger partial charge in [0.1, 0.15) is 0 Å². The maximum absolute atomic E-state index is 12.6. The van der Waals surface area contributed by atoms with Crippen LogP contribution < -0.4 is 10.6 Å². The molecule has 2 rings (SSSR count). The Morgan fingerprint density at radius 3 is 2.38 bits per heavy atom. The van der Waals surface area contributed by atoms with E-state index < -0.39 is 0 Å². The highest BCUT2D eigenvalue weighted by Gasteiger charge is 2.20. The predicted molar refractivity (Wildman–Crippen MR) is 102 cm³/mol. The quantitative estimate of drug-likeness (QED) is 0.782. The molecular formula is C19H23N3O3S. The zero-order valence-corrected chi connectivity index (χ0v) is 15.9. The number of thiophene rings is 1. The van der Waals surface area contributed by atoms with Crippen molar-refractivity contribution in [2.24, 2.45) is 0 Å². The lowest BCUT2D eigenvalue weighted by molar-refractivity contribution is -0.131. The van der Waals surface area contributed by atoms with E-state index in [9.17, 15) is 14.4 Å². The van der Waals surface area contributed by atoms with Gasteiger partial charge in [-0.25, -0.2) is 0 Å². The first-order chi connectivity index (χ1) is 12.4. The largest absolute Gasteiger partial charge is 0.355 e. The summed E-state index contributed by atoms with van der Waals surface area (Å²) in [5.41, 5.74) is 1.51. The molecule has 1 aromatic heterocycles. The molecule has 3 amide bonds. The van der Waals surface area contributed by atoms with Gasteiger partial charge in [-0.3, -0.25) is 14.4 Å². The van der Waals surface area contributed by atoms with Gasteiger partial charge in [-0.05, 0) is 29.1 Å². The molecule has 0 radical (unpaired) electrons. The van der Waals surface area contributed by atoms with Crippen molar-refractivity contribution in [2.45, 2.75) is 25.9 Å². The lowest BCUT2D eigenvalue weighted by Crippen LogP contribution is -2.33. The predicted octanol–water partition coefficient (Wildman–Crippen LogP) is 2.33. The van der Waals surface area contributed by atoms with Gasteiger partial charge in [0.05, 0.1) is 12.5 Å². The first kappa shape index (κ1) is 19.7. The van der Waals surface area contributed by atoms with E-state index in [1.54, 1.807) is 31.1 Å². The second kappa shape index (κ2) is 9.15. The molecule has 0 aliphatic heterocycles. The number of amides is 3. The van der Waals surface area contributed by atoms with Crippen molar-refractivity contribution in [3.05, 3.63) is 57.8 Å². The fourth-order valence-corrected chi connectivity index (χ4v) is 3.33. The molecule has 0 saturated carbocycles. The topological polar surface area (TPSA) is 78.5 Å². The van der Waals surface area contributed by atoms with Crippen LogP contribution in [0.5, 0.6) is 0 Å². The monoisotopic (exact) mass is 373 g/mol. The Hall–Kier alpha value is -2.67. The van der Waals surface area contributed by atoms with Crippen molar-refractivity contribution < 1.29 is 14.4 Å². The zero-order chi connectivity index (χ0) is 19.1. The van der Waals surface area contributed by atoms with E-state index in [0.717, 1.165) is 10.4 Å². The number of hydrogen-bond acceptors (Lipinski definition) is 4. The molecule has 26 heavy (non-hydrogen) atoms. The van der Waals surface area contributed by atoms with Gasteiger partial charge in [0.2, 0.25) is 11.8 Å². The van der Waals surface area contributed by atoms with Gasteiger partial charge in [-0.15, -0.1) is 11.3 Å². The molecule has 1 aromatic carbocycles. The van der Waals surface area contributed by atoms with E-state index in [2.05, 4.69) is 10.6 Å². The van der Waals surface area contributed by atoms with Gasteiger partial charge in [-0.2, -0.15) is 0 Å². The smallest absolute Gasteiger partial charge is 0.251 e. The number of nitrogens with one attached hydrogen (secondary N) is 2. The Balaban J connectivity index is 1.99. The molecule has 0 spiro atoms. The summed E-state index contributed by atoms with van der Waals surface area (Å²) in [7, 11) is 3.32. The van der Waals surface area contributed by atoms with Crippen LogP contribution in [-0.4, -0.2) is 36.7 Å². The summed E-state index contributed by atoms with van der Waals surface area (Å²) in [6.07, 6.45) is 0.201. The minimum atomic E-state index is -0.321. The third-order valence-corrected chi connectivity index (χ3v) is 4.92. The summed E-state index contributed by atoms with van der Waals surface area (Å²) in [6.45, 7) is 1.88. The van der Waals surface area contributed by atoms with Crippen LogP contribution in [-0.2, 0) is 16.1 Å². The van der Waals surface area contributed by atoms with E-state index in [1.807, 2.05) is 29.6 Å². The second-order valence-corrected chi connectivity index (χ2v) is 6.98. The van der Waals surface area contributed by atoms with Crippen LogP contribution >= 0.6 is 11.3 Å². The van der Waals surface area contributed by atoms with E-state index in [1.165, 1.54) is 18.3 Å². The normalized spacial score (nSPS) is 11.5. The summed E-state index contributed by atoms with van der Waals surface area (Å²) < 4.78 is 0. The molecule has 6 nitrogen and oxygen atoms in total. The fourth-order valence-electron chi connectivity index (χ4n) is 2.56. The van der Waals surface area contributed by atoms with E-state index in [4.69, 9.17) is 0 Å². The van der Waals surface area contributed by atoms with Crippen LogP contribution in [0.1, 0.15) is 40.2 Å². The summed E-state index contributed by atoms with van der Waals surface area (Å²) in [4.78, 5) is 38.2. The molecule has 0 saturated heterocycles. The summed E-state index contributed by atoms with van der Waals surface area (Å²) >= 11 is 1.51. The maximum Gasteiger partial charge on any atom is 0.251 e. The molecular weight excluding hydrogens is 350 g/mol. The molecule has 138 valence electrons. The molecule has 1 heterocycles. The van der Waals surface area contributed by atoms with Gasteiger partial charge >= 0.3 is 0 Å². The molecule has 0 unspecified atom stereocenters. The highest BCUT2D eigenvalue weighted by atomic mass is 32.1. The standard InChI is InChI=1S/C19H23N3O3S/c1-13(23)21-16(17-5-4-10-26-17)11-18(24)22(3)12-14-6-8-15(9-7-14)19(25)20-2/h4-10,16H,11-12H2,1-3H3,(H,20,25)(H,21,23)/t16-/m0/s1. The summed E-state index contributed by atoms with van der Waals surface area (Å²) in [5, 5.41) is 7.33. The third-order valence-electron chi connectivity index (χ3n) is 3.93. The Bertz CT molecular complexity index is 757. The van der Waals surface area contributed by atoms with E-state index >= 15 is 0 Å². The lowest BCUT2D eigenvalue weighted by atomic mass is 10.1. The average molecular weight is 373 g/mol. The number of nitrogens with zero attached hydrogens (tertiary/aromatic N) is 1. The molecule has 1 atom stereocenters. The van der Waals surface area contributed by atoms with Crippen molar-refractivity contribution in [3.63, 3.8) is 0 Å². The number of rotatable bonds is 7. The minimum absolute atomic E-state index is 0.0625. The Morgan fingerprint density at radius 1 is 1.15 bits per heavy atom. The van der Waals surface area contributed by atoms with Crippen molar-refractivity contribution in [1.29, 1.82) is 0 Å². The summed E-state index contributed by atoms with van der Waals surface area (Å²) in [5.74, 6) is -0.369. The molecule has 0 aliphatic rings. The van der Waals surface area contributed by atoms with E-state index in [-0.39, 0.29) is 30.2 Å². The SMILES string of the molecule is CNC(=O)c1ccc(CN(C)C(=O)C[C@H](NC(C)=O)c2cccs2)cc1. The van der Waals surface area contributed by atoms with Crippen molar-refractivity contribution in [2.75, 3.05) is 14.1 Å². The number of hydrogen-bond donors (Lipinski definition) is 2. The summed E-state index contributed by atoms with van der Waals surface area (Å²) in [6, 6.07) is 10.6. The van der Waals surface area contributed by atoms with Crippen molar-refractivity contribution >= 4 is 29.1 Å². The highest BCUT2D eigenvalue weighted by molar-refractivity contribution is 7.10. The van der Waals surface area contributed by atoms with Gasteiger partial charge in [0, 0.05) is 38.0 Å². The molecule has 7 heteroatoms. The van der Waals surface area contributed by atoms with Crippen LogP contribution in [0.25, 0.3) is 0 Å². The fraction of sp³-hybridized carbons (Fsp3) is 0.316. The van der Waals surface area contributed by atoms with Crippen LogP contribution in [0, 0.1) is 0 Å². The van der Waals surface area contributed by atoms with Crippen LogP contribution in [0.4, 0.5) is 0 Å². The number of benzene rings is 1. The van der Waals surface area contributed by atoms with Crippen molar-refractivity contribution in [1.82, 2.24) is 15.5 Å². The Labute approximate surface area is 157 Å². The van der Waals surface area contributed by atoms with Gasteiger partial charge in [0.25, 0.3) is 5.91 Å². The Kier molecular flexibility index (Phi) is 6.91. The third kappa shape index (κ3) is 5.42. The molecule has 0 aliphatic carbocycles. The Morgan fingerprint density at radius 2 is 1.85 bits per heavy atom. The van der Waals surface area contributed by atoms with Gasteiger partial charge in [0.15, 0.2) is 0 Å². The average Bonchev–Trinajstić information content (AvgIpc) is 3.15. The van der Waals surface area contributed by atoms with E-state index in [0.29, 0.717) is 12.1 Å². The van der Waals surface area contributed by atoms with Gasteiger partial charge in [-0.1, -0.05) is 18.2 Å². The molecule has 0 bridgehead atoms. The molecule has 2 aromatic rings. The minimum Gasteiger partial charge on any atom is -0.355 e. The number of carbonyl (C=O) groups is 3. The molecule has 2 N–H and O–H groups in total. The lowest BCUT2D eigenvalue weighted by Gasteiger charge is -2.22. The van der Waals surface area contributed by atoms with Crippen molar-refractivity contribution in [3.8, 4) is 0 Å². The molecule has 0 fully saturated rings. The zero-order valence-electron chi connectivity index (χ0n) is 15.1. The van der Waals surface area contributed by atoms with Crippen LogP contribution in [0.3, 0.4) is 0 Å². The number of carbonyl (C=O) groups excluding carboxylic acids is 3. The van der Waals surface area contributed by atoms with Gasteiger partial charge < -0.3 is 15.5 Å². The van der Waals surface area contributed by atoms with Crippen LogP contribution in [0.15, 0.2) is 41.8 Å². The second-order valence-electron chi connectivity index (χ2n) is 6.00. The maximum atomic E-state index is 12.6. The first-order valence-corrected chi connectivity index (χ1v) is 9.14. The highest BCUT2D eigenvalue weighted by Crippen LogP contribution is 2.23. The first-order valence-electron chi connectivity index (χ1n) is 8.26. The van der Waals surface area contributed by atoms with Crippen LogP contribution in [0.2, 0.25) is 0 Å².